The van der Waals surface area contributed by atoms with Crippen LogP contribution in [0.5, 0.6) is 11.5 Å². The van der Waals surface area contributed by atoms with Crippen molar-refractivity contribution in [2.24, 2.45) is 5.92 Å². The molecule has 12 heteroatoms. The molecule has 3 N–H and O–H groups in total. The summed E-state index contributed by atoms with van der Waals surface area (Å²) in [6, 6.07) is 14.7. The van der Waals surface area contributed by atoms with Crippen LogP contribution in [-0.4, -0.2) is 81.4 Å². The summed E-state index contributed by atoms with van der Waals surface area (Å²) in [4.78, 5) is 45.7. The largest absolute Gasteiger partial charge is 0.497 e. The molecule has 1 aliphatic rings. The van der Waals surface area contributed by atoms with Gasteiger partial charge < -0.3 is 34.9 Å². The van der Waals surface area contributed by atoms with E-state index in [0.29, 0.717) is 42.0 Å². The zero-order valence-electron chi connectivity index (χ0n) is 28.6. The Morgan fingerprint density at radius 1 is 1.08 bits per heavy atom. The van der Waals surface area contributed by atoms with Crippen molar-refractivity contribution in [2.75, 3.05) is 13.7 Å². The van der Waals surface area contributed by atoms with Gasteiger partial charge >= 0.3 is 12.1 Å². The Bertz CT molecular complexity index is 1630. The van der Waals surface area contributed by atoms with E-state index in [1.54, 1.807) is 32.8 Å². The number of fused-ring (bicyclic) bond motifs is 1. The third kappa shape index (κ3) is 9.12. The van der Waals surface area contributed by atoms with E-state index < -0.39 is 41.9 Å². The quantitative estimate of drug-likeness (QED) is 0.196. The summed E-state index contributed by atoms with van der Waals surface area (Å²) < 4.78 is 17.6. The van der Waals surface area contributed by atoms with Gasteiger partial charge in [0.05, 0.1) is 35.9 Å². The third-order valence-electron chi connectivity index (χ3n) is 7.99. The van der Waals surface area contributed by atoms with Crippen LogP contribution in [0.15, 0.2) is 54.6 Å². The van der Waals surface area contributed by atoms with Gasteiger partial charge in [0.25, 0.3) is 0 Å². The number of carbonyl (C=O) groups excluding carboxylic acids is 2. The van der Waals surface area contributed by atoms with Crippen LogP contribution in [0.25, 0.3) is 22.2 Å². The second-order valence-corrected chi connectivity index (χ2v) is 13.7. The van der Waals surface area contributed by atoms with Crippen molar-refractivity contribution in [3.05, 3.63) is 54.6 Å². The zero-order chi connectivity index (χ0) is 35.2. The van der Waals surface area contributed by atoms with E-state index in [1.807, 2.05) is 75.4 Å². The van der Waals surface area contributed by atoms with Crippen LogP contribution < -0.4 is 20.1 Å². The lowest BCUT2D eigenvalue weighted by Crippen LogP contribution is -2.56. The highest BCUT2D eigenvalue weighted by Crippen LogP contribution is 2.35. The fourth-order valence-corrected chi connectivity index (χ4v) is 6.02. The number of pyridine rings is 1. The van der Waals surface area contributed by atoms with Gasteiger partial charge in [0.1, 0.15) is 35.3 Å². The SMILES string of the molecule is CCCC(NC(=S)C1CC(Oc2cc(-c3ccccc3)nc3cc(OC)ccc23)CN1C(=O)C(NC(=O)OC(C)(C)C)C(C)C)C(=O)O. The monoisotopic (exact) mass is 678 g/mol. The molecule has 48 heavy (non-hydrogen) atoms. The van der Waals surface area contributed by atoms with E-state index >= 15 is 0 Å². The van der Waals surface area contributed by atoms with Gasteiger partial charge in [-0.05, 0) is 45.2 Å². The number of carboxylic acids is 1. The summed E-state index contributed by atoms with van der Waals surface area (Å²) in [5, 5.41) is 16.3. The number of aromatic nitrogens is 1. The number of aliphatic carboxylic acids is 1. The molecule has 0 bridgehead atoms. The first-order valence-electron chi connectivity index (χ1n) is 16.2. The van der Waals surface area contributed by atoms with Gasteiger partial charge in [0.15, 0.2) is 0 Å². The number of hydrogen-bond acceptors (Lipinski definition) is 8. The number of benzene rings is 2. The summed E-state index contributed by atoms with van der Waals surface area (Å²) in [6.45, 7) is 11.0. The highest BCUT2D eigenvalue weighted by atomic mass is 32.1. The third-order valence-corrected chi connectivity index (χ3v) is 8.38. The average Bonchev–Trinajstić information content (AvgIpc) is 3.46. The normalized spacial score (nSPS) is 17.5. The molecule has 0 radical (unpaired) electrons. The van der Waals surface area contributed by atoms with E-state index in [2.05, 4.69) is 10.6 Å². The number of carboxylic acid groups (broad SMARTS) is 1. The fourth-order valence-electron chi connectivity index (χ4n) is 5.65. The smallest absolute Gasteiger partial charge is 0.408 e. The highest BCUT2D eigenvalue weighted by molar-refractivity contribution is 7.80. The summed E-state index contributed by atoms with van der Waals surface area (Å²) in [5.74, 6) is -0.460. The molecular weight excluding hydrogens is 632 g/mol. The van der Waals surface area contributed by atoms with Gasteiger partial charge in [-0.25, -0.2) is 14.6 Å². The molecule has 1 saturated heterocycles. The number of methoxy groups -OCH3 is 1. The van der Waals surface area contributed by atoms with Crippen molar-refractivity contribution >= 4 is 46.1 Å². The zero-order valence-corrected chi connectivity index (χ0v) is 29.4. The van der Waals surface area contributed by atoms with Crippen LogP contribution in [-0.2, 0) is 14.3 Å². The van der Waals surface area contributed by atoms with Crippen molar-refractivity contribution in [3.8, 4) is 22.8 Å². The first kappa shape index (κ1) is 36.4. The number of nitrogens with zero attached hydrogens (tertiary/aromatic N) is 2. The standard InChI is InChI=1S/C36H46N4O7S/c1-8-12-26(34(42)43)38-32(48)29-18-24(20-40(29)33(41)31(21(2)3)39-35(44)47-36(4,5)6)46-30-19-27(22-13-10-9-11-14-22)37-28-17-23(45-7)15-16-25(28)30/h9-11,13-17,19,21,24,26,29,31H,8,12,18,20H2,1-7H3,(H,38,48)(H,39,44)(H,42,43). The number of ether oxygens (including phenoxy) is 3. The molecule has 0 aliphatic carbocycles. The number of amides is 2. The number of rotatable bonds is 12. The lowest BCUT2D eigenvalue weighted by molar-refractivity contribution is -0.139. The minimum absolute atomic E-state index is 0.149. The highest BCUT2D eigenvalue weighted by Gasteiger charge is 2.43. The van der Waals surface area contributed by atoms with Crippen LogP contribution >= 0.6 is 12.2 Å². The van der Waals surface area contributed by atoms with E-state index in [0.717, 1.165) is 10.9 Å². The van der Waals surface area contributed by atoms with Crippen LogP contribution in [0.3, 0.4) is 0 Å². The number of thiocarbonyl (C=S) groups is 1. The molecule has 2 amide bonds. The van der Waals surface area contributed by atoms with Crippen molar-refractivity contribution < 1.29 is 33.7 Å². The van der Waals surface area contributed by atoms with Gasteiger partial charge in [-0.2, -0.15) is 0 Å². The molecule has 258 valence electrons. The number of likely N-dealkylation sites (tertiary alicyclic amines) is 1. The van der Waals surface area contributed by atoms with Crippen LogP contribution in [0.1, 0.15) is 60.8 Å². The predicted octanol–water partition coefficient (Wildman–Crippen LogP) is 5.98. The molecule has 4 unspecified atom stereocenters. The van der Waals surface area contributed by atoms with E-state index in [-0.39, 0.29) is 23.4 Å². The fraction of sp³-hybridized carbons (Fsp3) is 0.472. The summed E-state index contributed by atoms with van der Waals surface area (Å²) in [7, 11) is 1.60. The summed E-state index contributed by atoms with van der Waals surface area (Å²) >= 11 is 5.78. The second-order valence-electron chi connectivity index (χ2n) is 13.3. The molecule has 2 aromatic carbocycles. The number of nitrogens with one attached hydrogen (secondary N) is 2. The first-order chi connectivity index (χ1) is 22.7. The van der Waals surface area contributed by atoms with E-state index in [1.165, 1.54) is 0 Å². The molecule has 4 atom stereocenters. The van der Waals surface area contributed by atoms with Gasteiger partial charge in [-0.3, -0.25) is 4.79 Å². The summed E-state index contributed by atoms with van der Waals surface area (Å²) in [5.41, 5.74) is 1.53. The Morgan fingerprint density at radius 3 is 2.40 bits per heavy atom. The minimum atomic E-state index is -1.03. The molecule has 1 fully saturated rings. The predicted molar refractivity (Wildman–Crippen MR) is 188 cm³/mol. The molecule has 4 rings (SSSR count). The van der Waals surface area contributed by atoms with Crippen LogP contribution in [0.2, 0.25) is 0 Å². The lowest BCUT2D eigenvalue weighted by atomic mass is 10.0. The minimum Gasteiger partial charge on any atom is -0.497 e. The average molecular weight is 679 g/mol. The molecule has 1 aromatic heterocycles. The Kier molecular flexibility index (Phi) is 11.9. The topological polar surface area (TPSA) is 139 Å². The summed E-state index contributed by atoms with van der Waals surface area (Å²) in [6.07, 6.45) is 0.0662. The van der Waals surface area contributed by atoms with Gasteiger partial charge in [-0.15, -0.1) is 0 Å². The Morgan fingerprint density at radius 2 is 1.79 bits per heavy atom. The second kappa shape index (κ2) is 15.6. The number of carbonyl (C=O) groups is 3. The molecule has 1 aliphatic heterocycles. The maximum absolute atomic E-state index is 14.2. The maximum atomic E-state index is 14.2. The molecule has 0 saturated carbocycles. The van der Waals surface area contributed by atoms with Crippen molar-refractivity contribution in [3.63, 3.8) is 0 Å². The van der Waals surface area contributed by atoms with Gasteiger partial charge in [0, 0.05) is 29.5 Å². The maximum Gasteiger partial charge on any atom is 0.408 e. The van der Waals surface area contributed by atoms with Crippen molar-refractivity contribution in [1.82, 2.24) is 20.5 Å². The molecular formula is C36H46N4O7S. The molecule has 2 heterocycles. The van der Waals surface area contributed by atoms with Crippen LogP contribution in [0, 0.1) is 5.92 Å². The Balaban J connectivity index is 1.70. The molecule has 11 nitrogen and oxygen atoms in total. The first-order valence-corrected chi connectivity index (χ1v) is 16.7. The van der Waals surface area contributed by atoms with E-state index in [4.69, 9.17) is 31.4 Å². The Hall–Kier alpha value is -4.45. The number of alkyl carbamates (subject to hydrolysis) is 1. The van der Waals surface area contributed by atoms with Crippen molar-refractivity contribution in [1.29, 1.82) is 0 Å². The number of hydrogen-bond donors (Lipinski definition) is 3. The Labute approximate surface area is 287 Å². The molecule has 3 aromatic rings. The van der Waals surface area contributed by atoms with E-state index in [9.17, 15) is 19.5 Å². The van der Waals surface area contributed by atoms with Crippen LogP contribution in [0.4, 0.5) is 4.79 Å². The van der Waals surface area contributed by atoms with Crippen molar-refractivity contribution in [2.45, 2.75) is 90.6 Å². The van der Waals surface area contributed by atoms with Gasteiger partial charge in [0.2, 0.25) is 5.91 Å². The molecule has 0 spiro atoms. The van der Waals surface area contributed by atoms with Gasteiger partial charge in [-0.1, -0.05) is 69.7 Å². The lowest BCUT2D eigenvalue weighted by Gasteiger charge is -2.32.